The van der Waals surface area contributed by atoms with Crippen LogP contribution in [0.15, 0.2) is 24.3 Å². The van der Waals surface area contributed by atoms with Crippen LogP contribution in [0.4, 0.5) is 5.69 Å². The van der Waals surface area contributed by atoms with Crippen molar-refractivity contribution in [3.05, 3.63) is 24.3 Å². The summed E-state index contributed by atoms with van der Waals surface area (Å²) in [6, 6.07) is 7.18. The second-order valence-corrected chi connectivity index (χ2v) is 3.81. The highest BCUT2D eigenvalue weighted by Crippen LogP contribution is 2.17. The van der Waals surface area contributed by atoms with Gasteiger partial charge in [0, 0.05) is 31.2 Å². The van der Waals surface area contributed by atoms with Crippen molar-refractivity contribution < 1.29 is 14.6 Å². The Balaban J connectivity index is 2.56. The molecule has 4 heteroatoms. The fourth-order valence-corrected chi connectivity index (χ4v) is 1.16. The molecule has 0 fully saturated rings. The molecule has 0 radical (unpaired) electrons. The Morgan fingerprint density at radius 3 is 2.94 bits per heavy atom. The lowest BCUT2D eigenvalue weighted by atomic mass is 10.2. The van der Waals surface area contributed by atoms with Crippen LogP contribution in [0, 0.1) is 5.92 Å². The Hall–Kier alpha value is -1.55. The van der Waals surface area contributed by atoms with Crippen LogP contribution in [-0.4, -0.2) is 24.2 Å². The maximum Gasteiger partial charge on any atom is 0.221 e. The van der Waals surface area contributed by atoms with Crippen LogP contribution >= 0.6 is 0 Å². The normalized spacial score (nSPS) is 11.9. The van der Waals surface area contributed by atoms with E-state index in [0.717, 1.165) is 0 Å². The Kier molecular flexibility index (Phi) is 4.79. The lowest BCUT2D eigenvalue weighted by Crippen LogP contribution is -2.12. The molecule has 1 aromatic rings. The molecule has 0 aromatic heterocycles. The van der Waals surface area contributed by atoms with Crippen LogP contribution in [0.2, 0.25) is 0 Å². The third kappa shape index (κ3) is 4.31. The highest BCUT2D eigenvalue weighted by Gasteiger charge is 2.02. The third-order valence-electron chi connectivity index (χ3n) is 2.00. The largest absolute Gasteiger partial charge is 0.493 e. The van der Waals surface area contributed by atoms with Crippen LogP contribution < -0.4 is 10.1 Å². The van der Waals surface area contributed by atoms with Crippen molar-refractivity contribution in [2.24, 2.45) is 5.92 Å². The molecule has 1 aromatic carbocycles. The molecule has 0 saturated heterocycles. The number of amides is 1. The Labute approximate surface area is 95.2 Å². The number of aliphatic hydroxyl groups is 1. The molecule has 4 nitrogen and oxygen atoms in total. The van der Waals surface area contributed by atoms with Gasteiger partial charge in [-0.15, -0.1) is 0 Å². The van der Waals surface area contributed by atoms with Crippen LogP contribution in [0.25, 0.3) is 0 Å². The average molecular weight is 223 g/mol. The number of aliphatic hydroxyl groups excluding tert-OH is 1. The molecule has 0 aliphatic carbocycles. The molecule has 1 rings (SSSR count). The van der Waals surface area contributed by atoms with Crippen LogP contribution in [-0.2, 0) is 4.79 Å². The number of ether oxygens (including phenoxy) is 1. The van der Waals surface area contributed by atoms with E-state index in [9.17, 15) is 4.79 Å². The zero-order valence-electron chi connectivity index (χ0n) is 9.56. The topological polar surface area (TPSA) is 58.6 Å². The number of rotatable bonds is 5. The van der Waals surface area contributed by atoms with E-state index in [-0.39, 0.29) is 18.4 Å². The predicted molar refractivity (Wildman–Crippen MR) is 62.5 cm³/mol. The standard InChI is InChI=1S/C12H17NO3/c1-9(7-14)8-16-12-5-3-4-11(6-12)13-10(2)15/h3-6,9,14H,7-8H2,1-2H3,(H,13,15). The molecule has 1 atom stereocenters. The van der Waals surface area contributed by atoms with Crippen molar-refractivity contribution in [3.8, 4) is 5.75 Å². The molecule has 16 heavy (non-hydrogen) atoms. The summed E-state index contributed by atoms with van der Waals surface area (Å²) < 4.78 is 5.47. The van der Waals surface area contributed by atoms with Crippen LogP contribution in [0.5, 0.6) is 5.75 Å². The van der Waals surface area contributed by atoms with Gasteiger partial charge in [-0.25, -0.2) is 0 Å². The summed E-state index contributed by atoms with van der Waals surface area (Å²) in [5.41, 5.74) is 0.710. The number of benzene rings is 1. The Morgan fingerprint density at radius 2 is 2.31 bits per heavy atom. The summed E-state index contributed by atoms with van der Waals surface area (Å²) in [6.45, 7) is 3.92. The second-order valence-electron chi connectivity index (χ2n) is 3.81. The summed E-state index contributed by atoms with van der Waals surface area (Å²) in [7, 11) is 0. The molecular formula is C12H17NO3. The molecular weight excluding hydrogens is 206 g/mol. The summed E-state index contributed by atoms with van der Waals surface area (Å²) >= 11 is 0. The fraction of sp³-hybridized carbons (Fsp3) is 0.417. The van der Waals surface area contributed by atoms with E-state index in [0.29, 0.717) is 18.0 Å². The van der Waals surface area contributed by atoms with Crippen molar-refractivity contribution in [1.29, 1.82) is 0 Å². The first-order chi connectivity index (χ1) is 7.61. The summed E-state index contributed by atoms with van der Waals surface area (Å²) in [4.78, 5) is 10.9. The predicted octanol–water partition coefficient (Wildman–Crippen LogP) is 1.65. The zero-order chi connectivity index (χ0) is 12.0. The van der Waals surface area contributed by atoms with Gasteiger partial charge in [0.25, 0.3) is 0 Å². The van der Waals surface area contributed by atoms with Crippen LogP contribution in [0.1, 0.15) is 13.8 Å². The van der Waals surface area contributed by atoms with Crippen LogP contribution in [0.3, 0.4) is 0 Å². The molecule has 0 aliphatic rings. The molecule has 0 saturated carbocycles. The summed E-state index contributed by atoms with van der Waals surface area (Å²) in [5, 5.41) is 11.5. The van der Waals surface area contributed by atoms with E-state index in [1.807, 2.05) is 19.1 Å². The van der Waals surface area contributed by atoms with Crippen molar-refractivity contribution in [1.82, 2.24) is 0 Å². The van der Waals surface area contributed by atoms with E-state index in [1.165, 1.54) is 6.92 Å². The van der Waals surface area contributed by atoms with Gasteiger partial charge >= 0.3 is 0 Å². The quantitative estimate of drug-likeness (QED) is 0.798. The van der Waals surface area contributed by atoms with Crippen molar-refractivity contribution in [2.75, 3.05) is 18.5 Å². The van der Waals surface area contributed by atoms with Gasteiger partial charge in [-0.05, 0) is 12.1 Å². The Morgan fingerprint density at radius 1 is 1.56 bits per heavy atom. The van der Waals surface area contributed by atoms with Crippen molar-refractivity contribution >= 4 is 11.6 Å². The van der Waals surface area contributed by atoms with E-state index < -0.39 is 0 Å². The van der Waals surface area contributed by atoms with Gasteiger partial charge in [0.15, 0.2) is 0 Å². The molecule has 2 N–H and O–H groups in total. The Bertz CT molecular complexity index is 352. The molecule has 0 heterocycles. The van der Waals surface area contributed by atoms with E-state index in [1.54, 1.807) is 12.1 Å². The maximum absolute atomic E-state index is 10.9. The minimum absolute atomic E-state index is 0.101. The van der Waals surface area contributed by atoms with Gasteiger partial charge in [-0.2, -0.15) is 0 Å². The van der Waals surface area contributed by atoms with Gasteiger partial charge in [0.2, 0.25) is 5.91 Å². The monoisotopic (exact) mass is 223 g/mol. The summed E-state index contributed by atoms with van der Waals surface area (Å²) in [5.74, 6) is 0.678. The first-order valence-electron chi connectivity index (χ1n) is 5.23. The molecule has 88 valence electrons. The third-order valence-corrected chi connectivity index (χ3v) is 2.00. The van der Waals surface area contributed by atoms with Gasteiger partial charge in [-0.3, -0.25) is 4.79 Å². The lowest BCUT2D eigenvalue weighted by Gasteiger charge is -2.11. The first-order valence-corrected chi connectivity index (χ1v) is 5.23. The molecule has 1 unspecified atom stereocenters. The van der Waals surface area contributed by atoms with Gasteiger partial charge in [0.05, 0.1) is 6.61 Å². The number of carbonyl (C=O) groups is 1. The summed E-state index contributed by atoms with van der Waals surface area (Å²) in [6.07, 6.45) is 0. The van der Waals surface area contributed by atoms with E-state index in [4.69, 9.17) is 9.84 Å². The minimum Gasteiger partial charge on any atom is -0.493 e. The molecule has 0 bridgehead atoms. The highest BCUT2D eigenvalue weighted by atomic mass is 16.5. The second kappa shape index (κ2) is 6.12. The van der Waals surface area contributed by atoms with Gasteiger partial charge < -0.3 is 15.2 Å². The molecule has 1 amide bonds. The number of anilines is 1. The van der Waals surface area contributed by atoms with E-state index in [2.05, 4.69) is 5.32 Å². The fourth-order valence-electron chi connectivity index (χ4n) is 1.16. The average Bonchev–Trinajstić information content (AvgIpc) is 2.25. The SMILES string of the molecule is CC(=O)Nc1cccc(OCC(C)CO)c1. The number of hydrogen-bond donors (Lipinski definition) is 2. The van der Waals surface area contributed by atoms with Gasteiger partial charge in [-0.1, -0.05) is 13.0 Å². The lowest BCUT2D eigenvalue weighted by molar-refractivity contribution is -0.114. The number of nitrogens with one attached hydrogen (secondary N) is 1. The number of hydrogen-bond acceptors (Lipinski definition) is 3. The minimum atomic E-state index is -0.110. The zero-order valence-corrected chi connectivity index (χ0v) is 9.56. The first kappa shape index (κ1) is 12.5. The van der Waals surface area contributed by atoms with Crippen molar-refractivity contribution in [3.63, 3.8) is 0 Å². The highest BCUT2D eigenvalue weighted by molar-refractivity contribution is 5.88. The van der Waals surface area contributed by atoms with Crippen molar-refractivity contribution in [2.45, 2.75) is 13.8 Å². The molecule has 0 aliphatic heterocycles. The maximum atomic E-state index is 10.9. The van der Waals surface area contributed by atoms with Gasteiger partial charge in [0.1, 0.15) is 5.75 Å². The number of carbonyl (C=O) groups excluding carboxylic acids is 1. The smallest absolute Gasteiger partial charge is 0.221 e. The molecule has 0 spiro atoms. The van der Waals surface area contributed by atoms with E-state index >= 15 is 0 Å².